The Morgan fingerprint density at radius 3 is 2.35 bits per heavy atom. The number of carbonyl (C=O) groups is 4. The number of anilines is 1. The van der Waals surface area contributed by atoms with Crippen molar-refractivity contribution in [3.63, 3.8) is 0 Å². The van der Waals surface area contributed by atoms with Crippen molar-refractivity contribution >= 4 is 30.2 Å². The second kappa shape index (κ2) is 11.1. The smallest absolute Gasteiger partial charge is 0.408 e. The van der Waals surface area contributed by atoms with Crippen LogP contribution in [0.4, 0.5) is 15.4 Å². The van der Waals surface area contributed by atoms with E-state index in [0.29, 0.717) is 23.4 Å². The van der Waals surface area contributed by atoms with E-state index in [2.05, 4.69) is 10.3 Å². The summed E-state index contributed by atoms with van der Waals surface area (Å²) in [6.07, 6.45) is 2.78. The third-order valence-corrected chi connectivity index (χ3v) is 4.18. The zero-order valence-electron chi connectivity index (χ0n) is 19.0. The molecule has 1 rings (SSSR count). The minimum Gasteiger partial charge on any atom is -0.467 e. The Labute approximate surface area is 182 Å². The van der Waals surface area contributed by atoms with Gasteiger partial charge in [-0.05, 0) is 45.4 Å². The molecule has 1 aromatic rings. The average Bonchev–Trinajstić information content (AvgIpc) is 2.70. The minimum atomic E-state index is -0.964. The number of hydrogen-bond donors (Lipinski definition) is 1. The summed E-state index contributed by atoms with van der Waals surface area (Å²) in [6, 6.07) is 1.96. The fraction of sp³-hybridized carbons (Fsp3) is 0.476. The number of pyridine rings is 1. The van der Waals surface area contributed by atoms with Gasteiger partial charge >= 0.3 is 18.1 Å². The third kappa shape index (κ3) is 8.07. The first-order valence-electron chi connectivity index (χ1n) is 9.55. The molecule has 0 saturated heterocycles. The van der Waals surface area contributed by atoms with Crippen LogP contribution < -0.4 is 10.2 Å². The number of alkyl carbamates (subject to hydrolysis) is 1. The fourth-order valence-electron chi connectivity index (χ4n) is 2.44. The second-order valence-electron chi connectivity index (χ2n) is 7.80. The molecule has 31 heavy (non-hydrogen) atoms. The van der Waals surface area contributed by atoms with E-state index in [1.54, 1.807) is 53.9 Å². The highest BCUT2D eigenvalue weighted by Gasteiger charge is 2.25. The Bertz CT molecular complexity index is 829. The van der Waals surface area contributed by atoms with Crippen LogP contribution in [-0.2, 0) is 25.5 Å². The van der Waals surface area contributed by atoms with Crippen LogP contribution in [0.1, 0.15) is 33.3 Å². The number of nitrogens with one attached hydrogen (secondary N) is 1. The van der Waals surface area contributed by atoms with Crippen molar-refractivity contribution in [1.29, 1.82) is 0 Å². The predicted octanol–water partition coefficient (Wildman–Crippen LogP) is 2.28. The standard InChI is InChI=1S/C21H30N4O6/c1-14(10-11-26)24(5)20(29)25(6)17-9-8-15(13-22-17)12-16(18(27)30-7)23-19(28)31-21(2,3)4/h8-11,13,16H,12H2,1-7H3,(H,23,28)/b14-10-. The quantitative estimate of drug-likeness (QED) is 0.397. The molecule has 1 atom stereocenters. The lowest BCUT2D eigenvalue weighted by Crippen LogP contribution is -2.45. The van der Waals surface area contributed by atoms with Crippen LogP contribution in [0.15, 0.2) is 30.1 Å². The van der Waals surface area contributed by atoms with Crippen LogP contribution in [0.3, 0.4) is 0 Å². The van der Waals surface area contributed by atoms with E-state index >= 15 is 0 Å². The molecule has 1 aromatic heterocycles. The Hall–Kier alpha value is -3.43. The van der Waals surface area contributed by atoms with E-state index in [1.165, 1.54) is 29.2 Å². The van der Waals surface area contributed by atoms with Crippen molar-refractivity contribution in [3.8, 4) is 0 Å². The normalized spacial score (nSPS) is 12.4. The number of amides is 3. The van der Waals surface area contributed by atoms with Crippen LogP contribution in [0.2, 0.25) is 0 Å². The maximum absolute atomic E-state index is 12.5. The molecule has 1 N–H and O–H groups in total. The summed E-state index contributed by atoms with van der Waals surface area (Å²) < 4.78 is 9.95. The zero-order chi connectivity index (χ0) is 23.8. The lowest BCUT2D eigenvalue weighted by Gasteiger charge is -2.25. The molecule has 0 spiro atoms. The Morgan fingerprint density at radius 2 is 1.87 bits per heavy atom. The first-order valence-corrected chi connectivity index (χ1v) is 9.55. The summed E-state index contributed by atoms with van der Waals surface area (Å²) in [7, 11) is 4.33. The zero-order valence-corrected chi connectivity index (χ0v) is 19.0. The number of hydrogen-bond acceptors (Lipinski definition) is 7. The van der Waals surface area contributed by atoms with Crippen molar-refractivity contribution in [2.45, 2.75) is 45.8 Å². The van der Waals surface area contributed by atoms with Gasteiger partial charge in [0.1, 0.15) is 23.7 Å². The summed E-state index contributed by atoms with van der Waals surface area (Å²) in [5, 5.41) is 2.50. The van der Waals surface area contributed by atoms with Crippen molar-refractivity contribution in [2.24, 2.45) is 0 Å². The number of aromatic nitrogens is 1. The maximum Gasteiger partial charge on any atom is 0.408 e. The van der Waals surface area contributed by atoms with Crippen LogP contribution in [0.25, 0.3) is 0 Å². The van der Waals surface area contributed by atoms with Crippen LogP contribution in [-0.4, -0.2) is 67.1 Å². The molecule has 0 aliphatic heterocycles. The average molecular weight is 434 g/mol. The SMILES string of the molecule is COC(=O)C(Cc1ccc(N(C)C(=O)N(C)/C(C)=C\C=O)nc1)NC(=O)OC(C)(C)C. The molecule has 0 saturated carbocycles. The molecule has 0 fully saturated rings. The highest BCUT2D eigenvalue weighted by molar-refractivity contribution is 5.91. The Morgan fingerprint density at radius 1 is 1.23 bits per heavy atom. The molecule has 0 aromatic carbocycles. The largest absolute Gasteiger partial charge is 0.467 e. The lowest BCUT2D eigenvalue weighted by atomic mass is 10.1. The van der Waals surface area contributed by atoms with Gasteiger partial charge in [-0.15, -0.1) is 0 Å². The maximum atomic E-state index is 12.5. The van der Waals surface area contributed by atoms with Gasteiger partial charge in [-0.1, -0.05) is 6.07 Å². The van der Waals surface area contributed by atoms with Gasteiger partial charge in [-0.2, -0.15) is 0 Å². The molecule has 10 nitrogen and oxygen atoms in total. The summed E-state index contributed by atoms with van der Waals surface area (Å²) >= 11 is 0. The predicted molar refractivity (Wildman–Crippen MR) is 114 cm³/mol. The third-order valence-electron chi connectivity index (χ3n) is 4.18. The number of rotatable bonds is 7. The molecule has 0 aliphatic rings. The topological polar surface area (TPSA) is 118 Å². The Balaban J connectivity index is 2.91. The van der Waals surface area contributed by atoms with E-state index in [4.69, 9.17) is 9.47 Å². The highest BCUT2D eigenvalue weighted by Crippen LogP contribution is 2.15. The van der Waals surface area contributed by atoms with Gasteiger partial charge in [0.05, 0.1) is 7.11 Å². The molecule has 3 amide bonds. The number of esters is 1. The summed E-state index contributed by atoms with van der Waals surface area (Å²) in [6.45, 7) is 6.79. The first-order chi connectivity index (χ1) is 14.4. The van der Waals surface area contributed by atoms with Gasteiger partial charge in [-0.25, -0.2) is 19.4 Å². The Kier molecular flexibility index (Phi) is 9.16. The fourth-order valence-corrected chi connectivity index (χ4v) is 2.44. The van der Waals surface area contributed by atoms with Crippen molar-refractivity contribution in [3.05, 3.63) is 35.7 Å². The van der Waals surface area contributed by atoms with Gasteiger partial charge in [0.2, 0.25) is 0 Å². The molecule has 10 heteroatoms. The summed E-state index contributed by atoms with van der Waals surface area (Å²) in [5.41, 5.74) is 0.413. The van der Waals surface area contributed by atoms with Crippen LogP contribution in [0, 0.1) is 0 Å². The van der Waals surface area contributed by atoms with E-state index in [-0.39, 0.29) is 12.5 Å². The number of carbonyl (C=O) groups excluding carboxylic acids is 4. The molecule has 0 bridgehead atoms. The number of nitrogens with zero attached hydrogens (tertiary/aromatic N) is 3. The minimum absolute atomic E-state index is 0.123. The molecule has 170 valence electrons. The van der Waals surface area contributed by atoms with Gasteiger partial charge < -0.3 is 19.7 Å². The van der Waals surface area contributed by atoms with Gasteiger partial charge in [0.15, 0.2) is 0 Å². The number of methoxy groups -OCH3 is 1. The van der Waals surface area contributed by atoms with Gasteiger partial charge in [0.25, 0.3) is 0 Å². The van der Waals surface area contributed by atoms with Gasteiger partial charge in [-0.3, -0.25) is 9.69 Å². The van der Waals surface area contributed by atoms with Crippen molar-refractivity contribution < 1.29 is 28.7 Å². The molecule has 0 radical (unpaired) electrons. The van der Waals surface area contributed by atoms with E-state index in [1.807, 2.05) is 0 Å². The van der Waals surface area contributed by atoms with Crippen molar-refractivity contribution in [2.75, 3.05) is 26.1 Å². The summed E-state index contributed by atoms with van der Waals surface area (Å²) in [4.78, 5) is 54.1. The van der Waals surface area contributed by atoms with Crippen molar-refractivity contribution in [1.82, 2.24) is 15.2 Å². The number of ether oxygens (including phenoxy) is 2. The number of aldehydes is 1. The van der Waals surface area contributed by atoms with Crippen LogP contribution >= 0.6 is 0 Å². The number of urea groups is 1. The van der Waals surface area contributed by atoms with E-state index in [9.17, 15) is 19.2 Å². The van der Waals surface area contributed by atoms with Gasteiger partial charge in [0, 0.05) is 32.4 Å². The van der Waals surface area contributed by atoms with E-state index in [0.717, 1.165) is 0 Å². The number of allylic oxidation sites excluding steroid dienone is 2. The molecule has 1 heterocycles. The molecular weight excluding hydrogens is 404 g/mol. The highest BCUT2D eigenvalue weighted by atomic mass is 16.6. The molecule has 0 aliphatic carbocycles. The monoisotopic (exact) mass is 434 g/mol. The first kappa shape index (κ1) is 25.6. The molecule has 1 unspecified atom stereocenters. The summed E-state index contributed by atoms with van der Waals surface area (Å²) in [5.74, 6) is -0.254. The molecular formula is C21H30N4O6. The lowest BCUT2D eigenvalue weighted by molar-refractivity contribution is -0.143. The van der Waals surface area contributed by atoms with E-state index < -0.39 is 23.7 Å². The second-order valence-corrected chi connectivity index (χ2v) is 7.80. The van der Waals surface area contributed by atoms with Crippen LogP contribution in [0.5, 0.6) is 0 Å².